The molecule has 1 heterocycles. The Kier molecular flexibility index (Phi) is 5.92. The summed E-state index contributed by atoms with van der Waals surface area (Å²) in [5.74, 6) is -1.49. The average Bonchev–Trinajstić information content (AvgIpc) is 2.72. The molecule has 20 heavy (non-hydrogen) atoms. The van der Waals surface area contributed by atoms with E-state index in [0.717, 1.165) is 26.1 Å². The number of likely N-dealkylation sites (tertiary alicyclic amines) is 1. The van der Waals surface area contributed by atoms with Crippen LogP contribution >= 0.6 is 0 Å². The van der Waals surface area contributed by atoms with Gasteiger partial charge < -0.3 is 10.2 Å². The summed E-state index contributed by atoms with van der Waals surface area (Å²) < 4.78 is 27.2. The summed E-state index contributed by atoms with van der Waals surface area (Å²) in [6, 6.07) is 4.28. The van der Waals surface area contributed by atoms with Gasteiger partial charge in [-0.3, -0.25) is 0 Å². The van der Waals surface area contributed by atoms with E-state index in [1.54, 1.807) is 19.2 Å². The van der Waals surface area contributed by atoms with Gasteiger partial charge in [0.2, 0.25) is 0 Å². The maximum absolute atomic E-state index is 13.8. The fourth-order valence-electron chi connectivity index (χ4n) is 2.92. The van der Waals surface area contributed by atoms with E-state index in [4.69, 9.17) is 0 Å². The van der Waals surface area contributed by atoms with E-state index in [0.29, 0.717) is 5.56 Å². The van der Waals surface area contributed by atoms with E-state index in [-0.39, 0.29) is 6.04 Å². The molecule has 1 fully saturated rings. The third kappa shape index (κ3) is 4.00. The summed E-state index contributed by atoms with van der Waals surface area (Å²) in [5, 5.41) is 3.11. The number of benzene rings is 1. The Bertz CT molecular complexity index is 415. The van der Waals surface area contributed by atoms with Crippen LogP contribution in [0.1, 0.15) is 43.7 Å². The predicted octanol–water partition coefficient (Wildman–Crippen LogP) is 3.49. The summed E-state index contributed by atoms with van der Waals surface area (Å²) in [6.45, 7) is 3.19. The SMILES string of the molecule is CNC(CCN1CCCCCC1)c1cccc(F)c1F. The molecule has 1 unspecified atom stereocenters. The minimum Gasteiger partial charge on any atom is -0.313 e. The first-order valence-corrected chi connectivity index (χ1v) is 7.56. The number of hydrogen-bond donors (Lipinski definition) is 1. The van der Waals surface area contributed by atoms with Crippen LogP contribution in [0.3, 0.4) is 0 Å². The molecule has 2 rings (SSSR count). The van der Waals surface area contributed by atoms with Crippen LogP contribution < -0.4 is 5.32 Å². The van der Waals surface area contributed by atoms with Crippen molar-refractivity contribution in [2.24, 2.45) is 0 Å². The minimum absolute atomic E-state index is 0.131. The Hall–Kier alpha value is -1.00. The number of rotatable bonds is 5. The molecule has 0 spiro atoms. The van der Waals surface area contributed by atoms with Crippen LogP contribution in [-0.2, 0) is 0 Å². The van der Waals surface area contributed by atoms with Gasteiger partial charge >= 0.3 is 0 Å². The van der Waals surface area contributed by atoms with Crippen molar-refractivity contribution in [3.05, 3.63) is 35.4 Å². The Morgan fingerprint density at radius 1 is 1.15 bits per heavy atom. The zero-order valence-corrected chi connectivity index (χ0v) is 12.2. The lowest BCUT2D eigenvalue weighted by Crippen LogP contribution is -2.29. The van der Waals surface area contributed by atoms with Gasteiger partial charge in [0.25, 0.3) is 0 Å². The maximum Gasteiger partial charge on any atom is 0.163 e. The molecule has 0 radical (unpaired) electrons. The first kappa shape index (κ1) is 15.4. The van der Waals surface area contributed by atoms with Crippen molar-refractivity contribution in [1.29, 1.82) is 0 Å². The number of hydrogen-bond acceptors (Lipinski definition) is 2. The highest BCUT2D eigenvalue weighted by Gasteiger charge is 2.18. The second-order valence-electron chi connectivity index (χ2n) is 5.53. The van der Waals surface area contributed by atoms with Crippen molar-refractivity contribution >= 4 is 0 Å². The molecule has 1 atom stereocenters. The molecule has 112 valence electrons. The Balaban J connectivity index is 1.96. The second-order valence-corrected chi connectivity index (χ2v) is 5.53. The first-order chi connectivity index (χ1) is 9.72. The smallest absolute Gasteiger partial charge is 0.163 e. The van der Waals surface area contributed by atoms with Gasteiger partial charge in [0.15, 0.2) is 11.6 Å². The summed E-state index contributed by atoms with van der Waals surface area (Å²) >= 11 is 0. The quantitative estimate of drug-likeness (QED) is 0.889. The summed E-state index contributed by atoms with van der Waals surface area (Å²) in [6.07, 6.45) is 5.92. The van der Waals surface area contributed by atoms with Crippen LogP contribution in [0.5, 0.6) is 0 Å². The summed E-state index contributed by atoms with van der Waals surface area (Å²) in [4.78, 5) is 2.44. The molecule has 0 saturated carbocycles. The lowest BCUT2D eigenvalue weighted by Gasteiger charge is -2.24. The molecule has 0 aliphatic carbocycles. The highest BCUT2D eigenvalue weighted by Crippen LogP contribution is 2.22. The van der Waals surface area contributed by atoms with Crippen molar-refractivity contribution in [2.75, 3.05) is 26.7 Å². The third-order valence-corrected chi connectivity index (χ3v) is 4.14. The molecule has 4 heteroatoms. The molecule has 1 aliphatic heterocycles. The van der Waals surface area contributed by atoms with Crippen molar-refractivity contribution in [3.63, 3.8) is 0 Å². The summed E-state index contributed by atoms with van der Waals surface area (Å²) in [5.41, 5.74) is 0.433. The molecular weight excluding hydrogens is 258 g/mol. The number of nitrogens with zero attached hydrogens (tertiary/aromatic N) is 1. The Morgan fingerprint density at radius 3 is 2.50 bits per heavy atom. The monoisotopic (exact) mass is 282 g/mol. The second kappa shape index (κ2) is 7.70. The van der Waals surface area contributed by atoms with Crippen LogP contribution in [0.15, 0.2) is 18.2 Å². The van der Waals surface area contributed by atoms with Gasteiger partial charge in [-0.15, -0.1) is 0 Å². The van der Waals surface area contributed by atoms with Crippen LogP contribution in [0.25, 0.3) is 0 Å². The highest BCUT2D eigenvalue weighted by molar-refractivity contribution is 5.22. The first-order valence-electron chi connectivity index (χ1n) is 7.56. The fourth-order valence-corrected chi connectivity index (χ4v) is 2.92. The van der Waals surface area contributed by atoms with E-state index < -0.39 is 11.6 Å². The average molecular weight is 282 g/mol. The van der Waals surface area contributed by atoms with Gasteiger partial charge in [-0.05, 0) is 52.0 Å². The predicted molar refractivity (Wildman–Crippen MR) is 77.7 cm³/mol. The molecule has 1 aromatic carbocycles. The van der Waals surface area contributed by atoms with Gasteiger partial charge in [0.05, 0.1) is 0 Å². The molecule has 0 amide bonds. The van der Waals surface area contributed by atoms with Crippen molar-refractivity contribution in [1.82, 2.24) is 10.2 Å². The molecule has 1 N–H and O–H groups in total. The lowest BCUT2D eigenvalue weighted by atomic mass is 10.0. The normalized spacial score (nSPS) is 18.8. The van der Waals surface area contributed by atoms with Gasteiger partial charge in [-0.1, -0.05) is 25.0 Å². The van der Waals surface area contributed by atoms with E-state index in [2.05, 4.69) is 10.2 Å². The van der Waals surface area contributed by atoms with Gasteiger partial charge in [0, 0.05) is 11.6 Å². The topological polar surface area (TPSA) is 15.3 Å². The van der Waals surface area contributed by atoms with E-state index in [1.807, 2.05) is 0 Å². The van der Waals surface area contributed by atoms with Crippen LogP contribution in [0, 0.1) is 11.6 Å². The van der Waals surface area contributed by atoms with E-state index in [1.165, 1.54) is 31.7 Å². The third-order valence-electron chi connectivity index (χ3n) is 4.14. The van der Waals surface area contributed by atoms with E-state index >= 15 is 0 Å². The highest BCUT2D eigenvalue weighted by atomic mass is 19.2. The molecule has 1 aliphatic rings. The number of nitrogens with one attached hydrogen (secondary N) is 1. The van der Waals surface area contributed by atoms with E-state index in [9.17, 15) is 8.78 Å². The summed E-state index contributed by atoms with van der Waals surface area (Å²) in [7, 11) is 1.80. The molecule has 1 saturated heterocycles. The zero-order valence-electron chi connectivity index (χ0n) is 12.2. The fraction of sp³-hybridized carbons (Fsp3) is 0.625. The standard InChI is InChI=1S/C16H24F2N2/c1-19-15(13-7-6-8-14(17)16(13)18)9-12-20-10-4-2-3-5-11-20/h6-8,15,19H,2-5,9-12H2,1H3. The molecule has 2 nitrogen and oxygen atoms in total. The Morgan fingerprint density at radius 2 is 1.85 bits per heavy atom. The van der Waals surface area contributed by atoms with Gasteiger partial charge in [-0.25, -0.2) is 8.78 Å². The van der Waals surface area contributed by atoms with Crippen molar-refractivity contribution in [3.8, 4) is 0 Å². The molecule has 0 bridgehead atoms. The maximum atomic E-state index is 13.8. The zero-order chi connectivity index (χ0) is 14.4. The largest absolute Gasteiger partial charge is 0.313 e. The minimum atomic E-state index is -0.766. The van der Waals surface area contributed by atoms with Crippen molar-refractivity contribution in [2.45, 2.75) is 38.1 Å². The lowest BCUT2D eigenvalue weighted by molar-refractivity contribution is 0.267. The Labute approximate surface area is 120 Å². The van der Waals surface area contributed by atoms with Crippen LogP contribution in [0.2, 0.25) is 0 Å². The van der Waals surface area contributed by atoms with Crippen LogP contribution in [0.4, 0.5) is 8.78 Å². The van der Waals surface area contributed by atoms with Crippen LogP contribution in [-0.4, -0.2) is 31.6 Å². The van der Waals surface area contributed by atoms with Crippen molar-refractivity contribution < 1.29 is 8.78 Å². The van der Waals surface area contributed by atoms with Gasteiger partial charge in [-0.2, -0.15) is 0 Å². The number of halogens is 2. The molecule has 0 aromatic heterocycles. The molecular formula is C16H24F2N2. The molecule has 1 aromatic rings. The van der Waals surface area contributed by atoms with Gasteiger partial charge in [0.1, 0.15) is 0 Å².